The molecule has 0 radical (unpaired) electrons. The Morgan fingerprint density at radius 3 is 2.21 bits per heavy atom. The van der Waals surface area contributed by atoms with Crippen molar-refractivity contribution in [3.8, 4) is 5.75 Å². The SMILES string of the molecule is COc1ccc([C@H](N)P(=O)(O)O)cc1. The van der Waals surface area contributed by atoms with Crippen molar-refractivity contribution in [3.05, 3.63) is 29.8 Å². The number of rotatable bonds is 3. The van der Waals surface area contributed by atoms with Crippen molar-refractivity contribution in [2.45, 2.75) is 5.78 Å². The van der Waals surface area contributed by atoms with E-state index in [1.165, 1.54) is 19.2 Å². The fourth-order valence-corrected chi connectivity index (χ4v) is 1.56. The molecule has 1 aromatic rings. The fourth-order valence-electron chi connectivity index (χ4n) is 0.995. The molecule has 0 heterocycles. The summed E-state index contributed by atoms with van der Waals surface area (Å²) in [7, 11) is -2.75. The van der Waals surface area contributed by atoms with Crippen molar-refractivity contribution in [2.24, 2.45) is 5.73 Å². The number of hydrogen-bond donors (Lipinski definition) is 3. The lowest BCUT2D eigenvalue weighted by atomic mass is 10.2. The topological polar surface area (TPSA) is 92.8 Å². The van der Waals surface area contributed by atoms with Crippen LogP contribution in [0.4, 0.5) is 0 Å². The zero-order valence-electron chi connectivity index (χ0n) is 7.62. The first kappa shape index (κ1) is 11.2. The monoisotopic (exact) mass is 217 g/mol. The van der Waals surface area contributed by atoms with E-state index in [0.29, 0.717) is 11.3 Å². The van der Waals surface area contributed by atoms with E-state index in [-0.39, 0.29) is 0 Å². The molecule has 0 spiro atoms. The second kappa shape index (κ2) is 4.11. The highest BCUT2D eigenvalue weighted by atomic mass is 31.2. The summed E-state index contributed by atoms with van der Waals surface area (Å²) >= 11 is 0. The van der Waals surface area contributed by atoms with Gasteiger partial charge in [-0.25, -0.2) is 0 Å². The smallest absolute Gasteiger partial charge is 0.346 e. The standard InChI is InChI=1S/C8H12NO4P/c1-13-7-4-2-6(3-5-7)8(9)14(10,11)12/h2-5,8H,9H2,1H3,(H2,10,11,12)/t8-/m1/s1. The molecule has 0 saturated carbocycles. The first-order chi connectivity index (χ1) is 6.45. The van der Waals surface area contributed by atoms with E-state index >= 15 is 0 Å². The van der Waals surface area contributed by atoms with E-state index in [0.717, 1.165) is 0 Å². The molecule has 1 atom stereocenters. The minimum atomic E-state index is -4.27. The summed E-state index contributed by atoms with van der Waals surface area (Å²) in [5.41, 5.74) is 5.75. The van der Waals surface area contributed by atoms with Crippen molar-refractivity contribution in [3.63, 3.8) is 0 Å². The normalized spacial score (nSPS) is 13.7. The van der Waals surface area contributed by atoms with Gasteiger partial charge < -0.3 is 20.3 Å². The van der Waals surface area contributed by atoms with Gasteiger partial charge >= 0.3 is 7.60 Å². The van der Waals surface area contributed by atoms with Crippen LogP contribution < -0.4 is 10.5 Å². The maximum absolute atomic E-state index is 10.8. The van der Waals surface area contributed by atoms with Crippen molar-refractivity contribution < 1.29 is 19.1 Å². The maximum Gasteiger partial charge on any atom is 0.346 e. The van der Waals surface area contributed by atoms with Crippen LogP contribution >= 0.6 is 7.60 Å². The molecule has 78 valence electrons. The lowest BCUT2D eigenvalue weighted by Gasteiger charge is -2.13. The van der Waals surface area contributed by atoms with Crippen LogP contribution in [0, 0.1) is 0 Å². The summed E-state index contributed by atoms with van der Waals surface area (Å²) in [4.78, 5) is 17.6. The van der Waals surface area contributed by atoms with Gasteiger partial charge in [0, 0.05) is 0 Å². The highest BCUT2D eigenvalue weighted by molar-refractivity contribution is 7.52. The van der Waals surface area contributed by atoms with E-state index in [1.54, 1.807) is 12.1 Å². The molecule has 0 bridgehead atoms. The molecular formula is C8H12NO4P. The second-order valence-corrected chi connectivity index (χ2v) is 4.54. The average Bonchev–Trinajstić information content (AvgIpc) is 2.15. The zero-order valence-corrected chi connectivity index (χ0v) is 8.52. The number of benzene rings is 1. The Bertz CT molecular complexity index is 345. The highest BCUT2D eigenvalue weighted by Gasteiger charge is 2.25. The first-order valence-corrected chi connectivity index (χ1v) is 5.58. The van der Waals surface area contributed by atoms with Crippen molar-refractivity contribution in [2.75, 3.05) is 7.11 Å². The van der Waals surface area contributed by atoms with Gasteiger partial charge in [0.15, 0.2) is 0 Å². The van der Waals surface area contributed by atoms with Gasteiger partial charge in [0.25, 0.3) is 0 Å². The number of nitrogens with two attached hydrogens (primary N) is 1. The third-order valence-electron chi connectivity index (χ3n) is 1.82. The molecular weight excluding hydrogens is 205 g/mol. The predicted octanol–water partition coefficient (Wildman–Crippen LogP) is 0.830. The third kappa shape index (κ3) is 2.56. The number of methoxy groups -OCH3 is 1. The Balaban J connectivity index is 2.92. The number of ether oxygens (including phenoxy) is 1. The molecule has 0 aliphatic carbocycles. The van der Waals surface area contributed by atoms with Gasteiger partial charge in [-0.05, 0) is 17.7 Å². The lowest BCUT2D eigenvalue weighted by Crippen LogP contribution is -2.10. The molecule has 0 fully saturated rings. The molecule has 5 nitrogen and oxygen atoms in total. The molecule has 0 aromatic heterocycles. The quantitative estimate of drug-likeness (QED) is 0.652. The van der Waals surface area contributed by atoms with E-state index in [2.05, 4.69) is 0 Å². The molecule has 0 aliphatic rings. The van der Waals surface area contributed by atoms with Crippen molar-refractivity contribution >= 4 is 7.60 Å². The van der Waals surface area contributed by atoms with E-state index in [1.807, 2.05) is 0 Å². The van der Waals surface area contributed by atoms with Gasteiger partial charge in [0.2, 0.25) is 0 Å². The van der Waals surface area contributed by atoms with Gasteiger partial charge in [0.1, 0.15) is 11.5 Å². The molecule has 0 unspecified atom stereocenters. The Morgan fingerprint density at radius 2 is 1.86 bits per heavy atom. The molecule has 6 heteroatoms. The minimum Gasteiger partial charge on any atom is -0.497 e. The molecule has 0 aliphatic heterocycles. The van der Waals surface area contributed by atoms with Crippen LogP contribution in [-0.2, 0) is 4.57 Å². The maximum atomic E-state index is 10.8. The molecule has 1 rings (SSSR count). The minimum absolute atomic E-state index is 0.388. The van der Waals surface area contributed by atoms with Crippen molar-refractivity contribution in [1.29, 1.82) is 0 Å². The molecule has 1 aromatic carbocycles. The van der Waals surface area contributed by atoms with Crippen LogP contribution in [0.2, 0.25) is 0 Å². The number of hydrogen-bond acceptors (Lipinski definition) is 3. The summed E-state index contributed by atoms with van der Waals surface area (Å²) in [5, 5.41) is 0. The molecule has 14 heavy (non-hydrogen) atoms. The van der Waals surface area contributed by atoms with Crippen LogP contribution in [0.5, 0.6) is 5.75 Å². The molecule has 0 saturated heterocycles. The summed E-state index contributed by atoms with van der Waals surface area (Å²) < 4.78 is 15.7. The summed E-state index contributed by atoms with van der Waals surface area (Å²) in [5.74, 6) is -0.653. The average molecular weight is 217 g/mol. The Hall–Kier alpha value is -0.870. The van der Waals surface area contributed by atoms with Gasteiger partial charge in [-0.3, -0.25) is 4.57 Å². The van der Waals surface area contributed by atoms with Gasteiger partial charge in [-0.2, -0.15) is 0 Å². The van der Waals surface area contributed by atoms with E-state index in [4.69, 9.17) is 20.3 Å². The third-order valence-corrected chi connectivity index (χ3v) is 2.84. The Morgan fingerprint density at radius 1 is 1.36 bits per heavy atom. The Kier molecular flexibility index (Phi) is 3.29. The second-order valence-electron chi connectivity index (χ2n) is 2.81. The van der Waals surface area contributed by atoms with Gasteiger partial charge in [-0.1, -0.05) is 12.1 Å². The molecule has 0 amide bonds. The van der Waals surface area contributed by atoms with Crippen LogP contribution in [0.1, 0.15) is 11.3 Å². The van der Waals surface area contributed by atoms with Crippen LogP contribution in [-0.4, -0.2) is 16.9 Å². The van der Waals surface area contributed by atoms with Crippen LogP contribution in [0.15, 0.2) is 24.3 Å². The van der Waals surface area contributed by atoms with E-state index in [9.17, 15) is 4.57 Å². The largest absolute Gasteiger partial charge is 0.497 e. The molecule has 4 N–H and O–H groups in total. The van der Waals surface area contributed by atoms with Crippen LogP contribution in [0.3, 0.4) is 0 Å². The van der Waals surface area contributed by atoms with E-state index < -0.39 is 13.4 Å². The van der Waals surface area contributed by atoms with Gasteiger partial charge in [-0.15, -0.1) is 0 Å². The first-order valence-electron chi connectivity index (χ1n) is 3.90. The van der Waals surface area contributed by atoms with Crippen LogP contribution in [0.25, 0.3) is 0 Å². The van der Waals surface area contributed by atoms with Gasteiger partial charge in [0.05, 0.1) is 7.11 Å². The highest BCUT2D eigenvalue weighted by Crippen LogP contribution is 2.48. The Labute approximate surface area is 81.7 Å². The summed E-state index contributed by atoms with van der Waals surface area (Å²) in [6.45, 7) is 0. The lowest BCUT2D eigenvalue weighted by molar-refractivity contribution is 0.359. The fraction of sp³-hybridized carbons (Fsp3) is 0.250. The zero-order chi connectivity index (χ0) is 10.8. The summed E-state index contributed by atoms with van der Waals surface area (Å²) in [6.07, 6.45) is 0. The summed E-state index contributed by atoms with van der Waals surface area (Å²) in [6, 6.07) is 6.26. The van der Waals surface area contributed by atoms with Crippen molar-refractivity contribution in [1.82, 2.24) is 0 Å². The predicted molar refractivity (Wildman–Crippen MR) is 52.0 cm³/mol.